The Balaban J connectivity index is 1.06. The Kier molecular flexibility index (Phi) is 10.1. The van der Waals surface area contributed by atoms with E-state index in [-0.39, 0.29) is 27.7 Å². The second-order valence-corrected chi connectivity index (χ2v) is 18.9. The average Bonchev–Trinajstić information content (AvgIpc) is 4.11. The lowest BCUT2D eigenvalue weighted by atomic mass is 9.85. The van der Waals surface area contributed by atoms with Crippen molar-refractivity contribution in [3.05, 3.63) is 120 Å². The molecule has 0 atom stereocenters. The fourth-order valence-corrected chi connectivity index (χ4v) is 6.96. The van der Waals surface area contributed by atoms with Crippen LogP contribution in [0, 0.1) is 0 Å². The minimum absolute atomic E-state index is 0.147. The van der Waals surface area contributed by atoms with Crippen LogP contribution in [0.1, 0.15) is 79.0 Å². The van der Waals surface area contributed by atoms with Crippen molar-refractivity contribution in [3.8, 4) is 103 Å². The van der Waals surface area contributed by atoms with Gasteiger partial charge in [0.25, 0.3) is 0 Å². The van der Waals surface area contributed by atoms with E-state index in [0.717, 1.165) is 16.7 Å². The van der Waals surface area contributed by atoms with Crippen LogP contribution >= 0.6 is 0 Å². The monoisotopic (exact) mass is 854 g/mol. The number of nitrogens with zero attached hydrogens (tertiary/aromatic N) is 8. The summed E-state index contributed by atoms with van der Waals surface area (Å²) in [6, 6.07) is 31.0. The third-order valence-electron chi connectivity index (χ3n) is 10.8. The number of hydrogen-bond acceptors (Lipinski definition) is 14. The molecule has 0 aliphatic carbocycles. The number of hydrogen-bond donors (Lipinski definition) is 2. The molecule has 322 valence electrons. The quantitative estimate of drug-likeness (QED) is 0.146. The molecule has 14 nitrogen and oxygen atoms in total. The van der Waals surface area contributed by atoms with E-state index in [1.54, 1.807) is 48.5 Å². The summed E-state index contributed by atoms with van der Waals surface area (Å²) in [7, 11) is 0. The van der Waals surface area contributed by atoms with Gasteiger partial charge in [0.15, 0.2) is 0 Å². The van der Waals surface area contributed by atoms with Crippen LogP contribution in [0.15, 0.2) is 121 Å². The minimum atomic E-state index is -0.269. The number of benzene rings is 5. The Labute approximate surface area is 369 Å². The summed E-state index contributed by atoms with van der Waals surface area (Å²) < 4.78 is 25.2. The maximum Gasteiger partial charge on any atom is 0.248 e. The van der Waals surface area contributed by atoms with E-state index in [0.29, 0.717) is 91.6 Å². The van der Waals surface area contributed by atoms with Crippen molar-refractivity contribution in [2.24, 2.45) is 0 Å². The van der Waals surface area contributed by atoms with E-state index in [4.69, 9.17) is 17.7 Å². The Morgan fingerprint density at radius 1 is 0.281 bits per heavy atom. The molecule has 64 heavy (non-hydrogen) atoms. The maximum atomic E-state index is 9.75. The zero-order valence-corrected chi connectivity index (χ0v) is 36.9. The Hall–Kier alpha value is -7.74. The molecule has 0 saturated carbocycles. The van der Waals surface area contributed by atoms with Gasteiger partial charge in [-0.2, -0.15) is 0 Å². The van der Waals surface area contributed by atoms with E-state index in [1.165, 1.54) is 0 Å². The number of aromatic nitrogens is 8. The number of phenols is 2. The molecule has 0 amide bonds. The fourth-order valence-electron chi connectivity index (χ4n) is 6.96. The predicted octanol–water partition coefficient (Wildman–Crippen LogP) is 11.9. The molecular weight excluding hydrogens is 809 g/mol. The Morgan fingerprint density at radius 2 is 0.469 bits per heavy atom. The highest BCUT2D eigenvalue weighted by atomic mass is 16.4. The molecule has 9 rings (SSSR count). The van der Waals surface area contributed by atoms with Crippen molar-refractivity contribution in [1.82, 2.24) is 40.8 Å². The van der Waals surface area contributed by atoms with Gasteiger partial charge in [-0.15, -0.1) is 40.8 Å². The summed E-state index contributed by atoms with van der Waals surface area (Å²) in [5.74, 6) is 2.85. The third kappa shape index (κ3) is 8.54. The second-order valence-electron chi connectivity index (χ2n) is 18.9. The molecule has 0 bridgehead atoms. The van der Waals surface area contributed by atoms with Gasteiger partial charge in [-0.3, -0.25) is 0 Å². The number of aromatic hydroxyl groups is 2. The molecule has 9 aromatic rings. The van der Waals surface area contributed by atoms with Gasteiger partial charge in [-0.25, -0.2) is 0 Å². The van der Waals surface area contributed by atoms with Gasteiger partial charge in [0, 0.05) is 44.5 Å². The Bertz CT molecular complexity index is 2940. The van der Waals surface area contributed by atoms with Crippen molar-refractivity contribution in [3.63, 3.8) is 0 Å². The van der Waals surface area contributed by atoms with Crippen LogP contribution in [0.4, 0.5) is 0 Å². The third-order valence-corrected chi connectivity index (χ3v) is 10.8. The molecule has 0 spiro atoms. The lowest BCUT2D eigenvalue weighted by Crippen LogP contribution is -2.11. The molecule has 0 saturated heterocycles. The summed E-state index contributed by atoms with van der Waals surface area (Å²) in [5, 5.41) is 54.8. The van der Waals surface area contributed by atoms with Crippen LogP contribution in [0.2, 0.25) is 0 Å². The van der Waals surface area contributed by atoms with E-state index < -0.39 is 0 Å². The molecule has 0 radical (unpaired) electrons. The van der Waals surface area contributed by atoms with Gasteiger partial charge in [0.2, 0.25) is 47.1 Å². The van der Waals surface area contributed by atoms with Crippen molar-refractivity contribution in [2.75, 3.05) is 0 Å². The van der Waals surface area contributed by atoms with Gasteiger partial charge in [0.1, 0.15) is 11.5 Å². The van der Waals surface area contributed by atoms with Crippen LogP contribution in [0.3, 0.4) is 0 Å². The van der Waals surface area contributed by atoms with Gasteiger partial charge < -0.3 is 27.9 Å². The lowest BCUT2D eigenvalue weighted by molar-refractivity contribution is 0.474. The van der Waals surface area contributed by atoms with Gasteiger partial charge >= 0.3 is 0 Å². The normalized spacial score (nSPS) is 12.3. The summed E-state index contributed by atoms with van der Waals surface area (Å²) >= 11 is 0. The first kappa shape index (κ1) is 41.6. The number of phenolic OH excluding ortho intramolecular Hbond substituents is 2. The van der Waals surface area contributed by atoms with Crippen LogP contribution in [-0.4, -0.2) is 51.0 Å². The first-order valence-corrected chi connectivity index (χ1v) is 20.8. The van der Waals surface area contributed by atoms with Crippen LogP contribution in [-0.2, 0) is 16.2 Å². The SMILES string of the molecule is CC(C)(C)c1cc(-c2nnc(-c3ccc(O)cc3)o2)cc(-c2nnc(-c3cc(-c4nnc(-c5cc(-c6nnc(-c7ccc(O)cc7)o6)cc(C(C)(C)C)c5)o4)cc(C(C)(C)C)c3)o2)c1. The first-order valence-electron chi connectivity index (χ1n) is 20.8. The van der Waals surface area contributed by atoms with Gasteiger partial charge in [-0.05, 0) is 136 Å². The molecule has 0 aliphatic rings. The fraction of sp³-hybridized carbons (Fsp3) is 0.240. The largest absolute Gasteiger partial charge is 0.508 e. The first-order chi connectivity index (χ1) is 30.3. The van der Waals surface area contributed by atoms with Crippen molar-refractivity contribution < 1.29 is 27.9 Å². The highest BCUT2D eigenvalue weighted by molar-refractivity contribution is 5.72. The van der Waals surface area contributed by atoms with Gasteiger partial charge in [0.05, 0.1) is 0 Å². The van der Waals surface area contributed by atoms with Crippen LogP contribution in [0.25, 0.3) is 91.6 Å². The highest BCUT2D eigenvalue weighted by Crippen LogP contribution is 2.39. The van der Waals surface area contributed by atoms with E-state index in [2.05, 4.69) is 103 Å². The molecule has 0 fully saturated rings. The second kappa shape index (κ2) is 15.6. The molecule has 2 N–H and O–H groups in total. The minimum Gasteiger partial charge on any atom is -0.508 e. The van der Waals surface area contributed by atoms with Crippen molar-refractivity contribution in [1.29, 1.82) is 0 Å². The zero-order valence-electron chi connectivity index (χ0n) is 36.9. The summed E-state index contributed by atoms with van der Waals surface area (Å²) in [4.78, 5) is 0. The van der Waals surface area contributed by atoms with Crippen molar-refractivity contribution >= 4 is 0 Å². The molecule has 4 aromatic heterocycles. The standard InChI is InChI=1S/C50H46N8O6/c1-48(2,3)35-21-29(42-53-51-40(61-42)27-10-14-38(59)15-11-27)18-31(23-35)44-55-57-46(63-44)33-20-34(26-37(25-33)50(7,8)9)47-58-56-45(64-47)32-19-30(22-36(24-32)49(4,5)6)43-54-52-41(62-43)28-12-16-39(60)17-13-28/h10-26,59-60H,1-9H3. The molecule has 5 aromatic carbocycles. The molecule has 4 heterocycles. The molecular formula is C50H46N8O6. The van der Waals surface area contributed by atoms with E-state index >= 15 is 0 Å². The topological polar surface area (TPSA) is 196 Å². The van der Waals surface area contributed by atoms with Gasteiger partial charge in [-0.1, -0.05) is 62.3 Å². The zero-order chi connectivity index (χ0) is 45.1. The van der Waals surface area contributed by atoms with E-state index in [9.17, 15) is 10.2 Å². The Morgan fingerprint density at radius 3 is 0.656 bits per heavy atom. The average molecular weight is 855 g/mol. The molecule has 14 heteroatoms. The lowest BCUT2D eigenvalue weighted by Gasteiger charge is -2.20. The highest BCUT2D eigenvalue weighted by Gasteiger charge is 2.25. The van der Waals surface area contributed by atoms with Crippen molar-refractivity contribution in [2.45, 2.75) is 78.6 Å². The summed E-state index contributed by atoms with van der Waals surface area (Å²) in [6.45, 7) is 19.1. The predicted molar refractivity (Wildman–Crippen MR) is 241 cm³/mol. The number of rotatable bonds is 8. The smallest absolute Gasteiger partial charge is 0.248 e. The summed E-state index contributed by atoms with van der Waals surface area (Å²) in [5.41, 5.74) is 7.75. The van der Waals surface area contributed by atoms with E-state index in [1.807, 2.05) is 54.6 Å². The summed E-state index contributed by atoms with van der Waals surface area (Å²) in [6.07, 6.45) is 0. The van der Waals surface area contributed by atoms with Crippen LogP contribution in [0.5, 0.6) is 11.5 Å². The van der Waals surface area contributed by atoms with Crippen LogP contribution < -0.4 is 0 Å². The molecule has 0 unspecified atom stereocenters. The maximum absolute atomic E-state index is 9.75. The molecule has 0 aliphatic heterocycles.